The standard InChI is InChI=1S/C52H84O24/c1-47(2)13-22-21-7-8-27-48(3)11-10-30(49(4,19-54)26(48)9-12-50(27,5)51(21,6)15-29(59)52(22,20-55)28(58)14-47)72-46-41(76-44-36(65)34(63)33(62)25(16-53)71-44)38(37(66)39(74-46)42(67)68)73-45-40(32(61)24(57)18-70-45)75-43-35(64)31(60)23(56)17-69-43/h7,22-41,43-46,53-66H,8-20H2,1-6H3,(H,67,68)/t22-,23+,24-,25+,26+,27+,28-,29+,30-,31-,32-,33-,34-,35+,36+,37-,38-,39-,40+,41+,43-,44-,45-,46+,48-,49-,50+,51+,52+/m0/s1. The molecule has 0 aromatic rings. The lowest BCUT2D eigenvalue weighted by molar-refractivity contribution is -0.400. The van der Waals surface area contributed by atoms with Crippen molar-refractivity contribution in [3.63, 3.8) is 0 Å². The summed E-state index contributed by atoms with van der Waals surface area (Å²) in [4.78, 5) is 13.1. The van der Waals surface area contributed by atoms with Crippen LogP contribution in [0.25, 0.3) is 0 Å². The average molecular weight is 1090 g/mol. The van der Waals surface area contributed by atoms with Gasteiger partial charge in [0.25, 0.3) is 0 Å². The summed E-state index contributed by atoms with van der Waals surface area (Å²) in [5, 5.41) is 165. The van der Waals surface area contributed by atoms with E-state index in [1.54, 1.807) is 0 Å². The molecule has 9 aliphatic rings. The minimum atomic E-state index is -2.22. The molecule has 0 radical (unpaired) electrons. The molecule has 4 saturated carbocycles. The van der Waals surface area contributed by atoms with Crippen LogP contribution in [0.3, 0.4) is 0 Å². The van der Waals surface area contributed by atoms with Gasteiger partial charge in [0.2, 0.25) is 0 Å². The van der Waals surface area contributed by atoms with Crippen LogP contribution < -0.4 is 0 Å². The molecule has 9 rings (SSSR count). The predicted molar refractivity (Wildman–Crippen MR) is 255 cm³/mol. The number of hydrogen-bond donors (Lipinski definition) is 15. The van der Waals surface area contributed by atoms with Crippen LogP contribution in [0.4, 0.5) is 0 Å². The van der Waals surface area contributed by atoms with E-state index < -0.39 is 188 Å². The molecule has 4 aliphatic heterocycles. The first-order chi connectivity index (χ1) is 35.6. The highest BCUT2D eigenvalue weighted by atomic mass is 16.8. The number of carboxylic acids is 1. The molecule has 4 saturated heterocycles. The smallest absolute Gasteiger partial charge is 0.335 e. The van der Waals surface area contributed by atoms with Crippen LogP contribution in [0.1, 0.15) is 92.9 Å². The maximum absolute atomic E-state index is 13.1. The zero-order chi connectivity index (χ0) is 55.6. The van der Waals surface area contributed by atoms with Gasteiger partial charge in [-0.3, -0.25) is 0 Å². The van der Waals surface area contributed by atoms with E-state index in [1.165, 1.54) is 0 Å². The third kappa shape index (κ3) is 9.26. The van der Waals surface area contributed by atoms with Gasteiger partial charge in [-0.15, -0.1) is 0 Å². The molecular formula is C52H84O24. The SMILES string of the molecule is CC1(C)C[C@H](O)[C@]2(CO)[C@H](O)C[C@]3(C)C(=CC[C@@H]4[C@@]5(C)CC[C@H](O[C@@H]6O[C@H](C(=O)O)[C@@H](O)[C@H](O[C@@H]7OC[C@H](O)[C@H](O)[C@H]7O[C@@H]7OC[C@@H](O)[C@H](O)[C@H]7O)[C@H]6O[C@@H]6O[C@H](CO)[C@H](O)[C@H](O)[C@H]6O)[C@@](C)(CO)[C@@H]5CC[C@]43C)[C@@H]2C1. The largest absolute Gasteiger partial charge is 0.479 e. The van der Waals surface area contributed by atoms with Gasteiger partial charge in [-0.25, -0.2) is 4.79 Å². The first-order valence-electron chi connectivity index (χ1n) is 27.0. The van der Waals surface area contributed by atoms with E-state index >= 15 is 0 Å². The summed E-state index contributed by atoms with van der Waals surface area (Å²) < 4.78 is 48.2. The molecule has 24 nitrogen and oxygen atoms in total. The molecule has 0 unspecified atom stereocenters. The minimum Gasteiger partial charge on any atom is -0.479 e. The molecular weight excluding hydrogens is 1010 g/mol. The van der Waals surface area contributed by atoms with E-state index in [0.717, 1.165) is 5.57 Å². The van der Waals surface area contributed by atoms with Crippen molar-refractivity contribution in [3.05, 3.63) is 11.6 Å². The van der Waals surface area contributed by atoms with Crippen molar-refractivity contribution < 1.29 is 119 Å². The van der Waals surface area contributed by atoms with Crippen LogP contribution in [-0.2, 0) is 42.7 Å². The second kappa shape index (κ2) is 21.3. The van der Waals surface area contributed by atoms with Crippen molar-refractivity contribution in [2.45, 2.75) is 222 Å². The van der Waals surface area contributed by atoms with Crippen molar-refractivity contribution in [2.75, 3.05) is 33.0 Å². The van der Waals surface area contributed by atoms with Gasteiger partial charge in [-0.05, 0) is 90.8 Å². The lowest BCUT2D eigenvalue weighted by Gasteiger charge is -2.72. The lowest BCUT2D eigenvalue weighted by atomic mass is 9.33. The zero-order valence-electron chi connectivity index (χ0n) is 44.0. The van der Waals surface area contributed by atoms with E-state index in [9.17, 15) is 81.4 Å². The monoisotopic (exact) mass is 1090 g/mol. The zero-order valence-corrected chi connectivity index (χ0v) is 44.0. The highest BCUT2D eigenvalue weighted by Crippen LogP contribution is 2.76. The summed E-state index contributed by atoms with van der Waals surface area (Å²) in [5.41, 5.74) is -2.72. The molecule has 0 amide bonds. The number of aliphatic hydroxyl groups excluding tert-OH is 14. The Morgan fingerprint density at radius 1 is 0.605 bits per heavy atom. The van der Waals surface area contributed by atoms with Gasteiger partial charge in [0.15, 0.2) is 31.3 Å². The van der Waals surface area contributed by atoms with Crippen LogP contribution >= 0.6 is 0 Å². The van der Waals surface area contributed by atoms with Crippen molar-refractivity contribution in [3.8, 4) is 0 Å². The number of allylic oxidation sites excluding steroid dienone is 2. The Labute approximate surface area is 441 Å². The number of carbonyl (C=O) groups is 1. The number of aliphatic carboxylic acids is 1. The molecule has 24 heteroatoms. The Kier molecular flexibility index (Phi) is 16.5. The number of fused-ring (bicyclic) bond motifs is 7. The maximum atomic E-state index is 13.1. The average Bonchev–Trinajstić information content (AvgIpc) is 3.38. The van der Waals surface area contributed by atoms with Gasteiger partial charge in [0, 0.05) is 5.41 Å². The quantitative estimate of drug-likeness (QED) is 0.0673. The first-order valence-corrected chi connectivity index (χ1v) is 27.0. The van der Waals surface area contributed by atoms with Crippen molar-refractivity contribution in [2.24, 2.45) is 50.2 Å². The van der Waals surface area contributed by atoms with Crippen molar-refractivity contribution >= 4 is 5.97 Å². The van der Waals surface area contributed by atoms with E-state index in [4.69, 9.17) is 37.9 Å². The first kappa shape index (κ1) is 59.0. The normalized spacial score (nSPS) is 55.3. The Balaban J connectivity index is 1.05. The number of hydrogen-bond acceptors (Lipinski definition) is 23. The number of ether oxygens (including phenoxy) is 8. The number of rotatable bonds is 12. The van der Waals surface area contributed by atoms with Gasteiger partial charge in [0.1, 0.15) is 79.4 Å². The third-order valence-electron chi connectivity index (χ3n) is 20.9. The summed E-state index contributed by atoms with van der Waals surface area (Å²) in [7, 11) is 0. The van der Waals surface area contributed by atoms with Crippen LogP contribution in [-0.4, -0.2) is 245 Å². The minimum absolute atomic E-state index is 0.000161. The Bertz CT molecular complexity index is 2100. The molecule has 29 atom stereocenters. The molecule has 0 aromatic heterocycles. The Morgan fingerprint density at radius 3 is 1.87 bits per heavy atom. The molecule has 436 valence electrons. The third-order valence-corrected chi connectivity index (χ3v) is 20.9. The summed E-state index contributed by atoms with van der Waals surface area (Å²) in [6, 6.07) is 0. The fourth-order valence-electron chi connectivity index (χ4n) is 16.3. The fourth-order valence-corrected chi connectivity index (χ4v) is 16.3. The Morgan fingerprint density at radius 2 is 1.22 bits per heavy atom. The number of aliphatic hydroxyl groups is 14. The maximum Gasteiger partial charge on any atom is 0.335 e. The van der Waals surface area contributed by atoms with Gasteiger partial charge < -0.3 is 114 Å². The van der Waals surface area contributed by atoms with Gasteiger partial charge in [-0.2, -0.15) is 0 Å². The van der Waals surface area contributed by atoms with Gasteiger partial charge in [-0.1, -0.05) is 53.2 Å². The topological polar surface area (TPSA) is 394 Å². The molecule has 0 aromatic carbocycles. The lowest BCUT2D eigenvalue weighted by Crippen LogP contribution is -2.70. The molecule has 0 bridgehead atoms. The van der Waals surface area contributed by atoms with Crippen LogP contribution in [0.5, 0.6) is 0 Å². The predicted octanol–water partition coefficient (Wildman–Crippen LogP) is -3.28. The molecule has 8 fully saturated rings. The highest BCUT2D eigenvalue weighted by molar-refractivity contribution is 5.73. The molecule has 76 heavy (non-hydrogen) atoms. The molecule has 15 N–H and O–H groups in total. The number of carboxylic acid groups (broad SMARTS) is 1. The molecule has 5 aliphatic carbocycles. The van der Waals surface area contributed by atoms with E-state index in [-0.39, 0.29) is 36.2 Å². The summed E-state index contributed by atoms with van der Waals surface area (Å²) in [6.45, 7) is 10.0. The molecule has 4 heterocycles. The van der Waals surface area contributed by atoms with Gasteiger partial charge >= 0.3 is 5.97 Å². The summed E-state index contributed by atoms with van der Waals surface area (Å²) in [6.07, 6.45) is -30.2. The summed E-state index contributed by atoms with van der Waals surface area (Å²) in [5.74, 6) is -2.24. The second-order valence-electron chi connectivity index (χ2n) is 25.5. The van der Waals surface area contributed by atoms with Crippen molar-refractivity contribution in [1.82, 2.24) is 0 Å². The van der Waals surface area contributed by atoms with E-state index in [0.29, 0.717) is 44.9 Å². The van der Waals surface area contributed by atoms with Crippen molar-refractivity contribution in [1.29, 1.82) is 0 Å². The van der Waals surface area contributed by atoms with Crippen LogP contribution in [0.2, 0.25) is 0 Å². The second-order valence-corrected chi connectivity index (χ2v) is 25.5. The van der Waals surface area contributed by atoms with E-state index in [2.05, 4.69) is 40.7 Å². The van der Waals surface area contributed by atoms with Crippen LogP contribution in [0.15, 0.2) is 11.6 Å². The summed E-state index contributed by atoms with van der Waals surface area (Å²) >= 11 is 0. The Hall–Kier alpha value is -1.67. The van der Waals surface area contributed by atoms with Crippen LogP contribution in [0, 0.1) is 50.2 Å². The highest BCUT2D eigenvalue weighted by Gasteiger charge is 2.72. The fraction of sp³-hybridized carbons (Fsp3) is 0.942. The molecule has 0 spiro atoms. The van der Waals surface area contributed by atoms with Gasteiger partial charge in [0.05, 0.1) is 56.8 Å². The van der Waals surface area contributed by atoms with E-state index in [1.807, 2.05) is 6.92 Å².